The van der Waals surface area contributed by atoms with Crippen molar-refractivity contribution >= 4 is 45.3 Å². The molecule has 0 bridgehead atoms. The Bertz CT molecular complexity index is 622. The van der Waals surface area contributed by atoms with Crippen molar-refractivity contribution in [2.75, 3.05) is 6.54 Å². The highest BCUT2D eigenvalue weighted by Gasteiger charge is 2.11. The van der Waals surface area contributed by atoms with Gasteiger partial charge in [0.25, 0.3) is 0 Å². The molecule has 0 saturated carbocycles. The average molecular weight is 259 g/mol. The largest absolute Gasteiger partial charge is 0.366 e. The maximum absolute atomic E-state index is 5.08. The number of nitrogens with zero attached hydrogens (tertiary/aromatic N) is 2. The molecule has 5 heteroatoms. The molecule has 17 heavy (non-hydrogen) atoms. The van der Waals surface area contributed by atoms with Crippen LogP contribution in [0.5, 0.6) is 0 Å². The fourth-order valence-electron chi connectivity index (χ4n) is 1.71. The Kier molecular flexibility index (Phi) is 2.78. The van der Waals surface area contributed by atoms with Crippen LogP contribution in [0.1, 0.15) is 5.56 Å². The van der Waals surface area contributed by atoms with E-state index in [-0.39, 0.29) is 0 Å². The van der Waals surface area contributed by atoms with Crippen LogP contribution in [0.25, 0.3) is 17.0 Å². The summed E-state index contributed by atoms with van der Waals surface area (Å²) in [6.45, 7) is 0.826. The lowest BCUT2D eigenvalue weighted by atomic mass is 10.1. The number of hydrogen-bond acceptors (Lipinski definition) is 4. The van der Waals surface area contributed by atoms with Crippen molar-refractivity contribution in [3.05, 3.63) is 41.2 Å². The van der Waals surface area contributed by atoms with E-state index in [9.17, 15) is 0 Å². The summed E-state index contributed by atoms with van der Waals surface area (Å²) in [6, 6.07) is 6.16. The van der Waals surface area contributed by atoms with E-state index >= 15 is 0 Å². The van der Waals surface area contributed by atoms with Crippen molar-refractivity contribution in [2.24, 2.45) is 0 Å². The van der Waals surface area contributed by atoms with Gasteiger partial charge in [-0.25, -0.2) is 9.97 Å². The van der Waals surface area contributed by atoms with E-state index in [0.29, 0.717) is 0 Å². The van der Waals surface area contributed by atoms with Gasteiger partial charge in [0.2, 0.25) is 0 Å². The molecule has 1 N–H and O–H groups in total. The van der Waals surface area contributed by atoms with Gasteiger partial charge in [-0.1, -0.05) is 30.0 Å². The number of benzene rings is 1. The van der Waals surface area contributed by atoms with E-state index in [1.54, 1.807) is 18.1 Å². The molecule has 3 rings (SSSR count). The summed E-state index contributed by atoms with van der Waals surface area (Å²) in [5.41, 5.74) is 2.12. The number of nitrogens with one attached hydrogen (secondary N) is 1. The molecule has 2 heterocycles. The highest BCUT2D eigenvalue weighted by Crippen LogP contribution is 2.25. The van der Waals surface area contributed by atoms with E-state index < -0.39 is 0 Å². The fraction of sp³-hybridized carbons (Fsp3) is 0.0833. The fourth-order valence-corrected chi connectivity index (χ4v) is 2.82. The smallest absolute Gasteiger partial charge is 0.138 e. The number of aromatic nitrogens is 2. The highest BCUT2D eigenvalue weighted by molar-refractivity contribution is 8.26. The molecular weight excluding hydrogens is 250 g/mol. The number of thiocarbonyl (C=S) groups is 1. The lowest BCUT2D eigenvalue weighted by Gasteiger charge is -1.99. The Balaban J connectivity index is 1.98. The van der Waals surface area contributed by atoms with Gasteiger partial charge in [-0.05, 0) is 23.8 Å². The number of hydrogen-bond donors (Lipinski definition) is 1. The van der Waals surface area contributed by atoms with Gasteiger partial charge in [-0.2, -0.15) is 0 Å². The second kappa shape index (κ2) is 4.43. The Labute approximate surface area is 108 Å². The third-order valence-corrected chi connectivity index (χ3v) is 3.74. The molecule has 0 spiro atoms. The molecule has 1 aliphatic rings. The lowest BCUT2D eigenvalue weighted by Crippen LogP contribution is -2.09. The van der Waals surface area contributed by atoms with Crippen LogP contribution in [-0.4, -0.2) is 20.8 Å². The normalized spacial score (nSPS) is 17.6. The van der Waals surface area contributed by atoms with E-state index in [2.05, 4.69) is 33.5 Å². The van der Waals surface area contributed by atoms with Gasteiger partial charge < -0.3 is 5.32 Å². The zero-order valence-corrected chi connectivity index (χ0v) is 10.5. The van der Waals surface area contributed by atoms with Crippen LogP contribution in [0, 0.1) is 0 Å². The third-order valence-electron chi connectivity index (χ3n) is 2.49. The molecule has 1 aliphatic heterocycles. The highest BCUT2D eigenvalue weighted by atomic mass is 32.2. The first-order chi connectivity index (χ1) is 8.31. The van der Waals surface area contributed by atoms with Crippen molar-refractivity contribution in [1.29, 1.82) is 0 Å². The zero-order valence-electron chi connectivity index (χ0n) is 8.88. The minimum atomic E-state index is 0.826. The van der Waals surface area contributed by atoms with Crippen LogP contribution in [0.2, 0.25) is 0 Å². The number of rotatable bonds is 1. The van der Waals surface area contributed by atoms with Crippen LogP contribution >= 0.6 is 24.0 Å². The molecule has 1 fully saturated rings. The first-order valence-electron chi connectivity index (χ1n) is 5.17. The van der Waals surface area contributed by atoms with Gasteiger partial charge in [-0.15, -0.1) is 0 Å². The quantitative estimate of drug-likeness (QED) is 0.797. The summed E-state index contributed by atoms with van der Waals surface area (Å²) >= 11 is 6.70. The van der Waals surface area contributed by atoms with E-state index in [0.717, 1.165) is 27.3 Å². The topological polar surface area (TPSA) is 37.8 Å². The molecule has 0 atom stereocenters. The third kappa shape index (κ3) is 2.30. The zero-order chi connectivity index (χ0) is 11.7. The van der Waals surface area contributed by atoms with Gasteiger partial charge in [0, 0.05) is 23.0 Å². The minimum absolute atomic E-state index is 0.826. The van der Waals surface area contributed by atoms with Crippen molar-refractivity contribution in [1.82, 2.24) is 15.3 Å². The summed E-state index contributed by atoms with van der Waals surface area (Å²) in [5.74, 6) is 0. The molecule has 0 radical (unpaired) electrons. The Hall–Kier alpha value is -1.46. The molecule has 0 amide bonds. The van der Waals surface area contributed by atoms with Gasteiger partial charge in [0.1, 0.15) is 10.6 Å². The average Bonchev–Trinajstić information content (AvgIpc) is 2.75. The summed E-state index contributed by atoms with van der Waals surface area (Å²) in [4.78, 5) is 9.47. The molecule has 1 saturated heterocycles. The standard InChI is InChI=1S/C12H9N3S2/c16-12-14-6-10(17-12)4-8-1-2-11-9(3-8)5-13-7-15-11/h1-5,7H,6H2,(H,14,16). The van der Waals surface area contributed by atoms with Crippen LogP contribution in [0.15, 0.2) is 35.6 Å². The Morgan fingerprint density at radius 1 is 1.41 bits per heavy atom. The maximum Gasteiger partial charge on any atom is 0.138 e. The summed E-state index contributed by atoms with van der Waals surface area (Å²) < 4.78 is 0.848. The number of fused-ring (bicyclic) bond motifs is 1. The first kappa shape index (κ1) is 10.7. The molecule has 0 unspecified atom stereocenters. The lowest BCUT2D eigenvalue weighted by molar-refractivity contribution is 1.09. The van der Waals surface area contributed by atoms with Crippen molar-refractivity contribution < 1.29 is 0 Å². The SMILES string of the molecule is S=C1NCC(=Cc2ccc3ncncc3c2)S1. The predicted molar refractivity (Wildman–Crippen MR) is 75.7 cm³/mol. The summed E-state index contributed by atoms with van der Waals surface area (Å²) in [7, 11) is 0. The molecule has 1 aromatic carbocycles. The Morgan fingerprint density at radius 3 is 3.18 bits per heavy atom. The monoisotopic (exact) mass is 259 g/mol. The van der Waals surface area contributed by atoms with Crippen LogP contribution in [0.3, 0.4) is 0 Å². The van der Waals surface area contributed by atoms with E-state index in [4.69, 9.17) is 12.2 Å². The second-order valence-electron chi connectivity index (χ2n) is 3.69. The maximum atomic E-state index is 5.08. The van der Waals surface area contributed by atoms with Gasteiger partial charge >= 0.3 is 0 Å². The predicted octanol–water partition coefficient (Wildman–Crippen LogP) is 2.59. The van der Waals surface area contributed by atoms with Crippen molar-refractivity contribution in [3.63, 3.8) is 0 Å². The molecular formula is C12H9N3S2. The number of thioether (sulfide) groups is 1. The molecule has 2 aromatic rings. The summed E-state index contributed by atoms with van der Waals surface area (Å²) in [6.07, 6.45) is 5.54. The minimum Gasteiger partial charge on any atom is -0.366 e. The molecule has 84 valence electrons. The van der Waals surface area contributed by atoms with Crippen molar-refractivity contribution in [2.45, 2.75) is 0 Å². The summed E-state index contributed by atoms with van der Waals surface area (Å²) in [5, 5.41) is 4.18. The molecule has 3 nitrogen and oxygen atoms in total. The van der Waals surface area contributed by atoms with Crippen LogP contribution in [0.4, 0.5) is 0 Å². The van der Waals surface area contributed by atoms with Crippen LogP contribution < -0.4 is 5.32 Å². The van der Waals surface area contributed by atoms with Crippen molar-refractivity contribution in [3.8, 4) is 0 Å². The van der Waals surface area contributed by atoms with Crippen LogP contribution in [-0.2, 0) is 0 Å². The Morgan fingerprint density at radius 2 is 2.35 bits per heavy atom. The second-order valence-corrected chi connectivity index (χ2v) is 5.50. The van der Waals surface area contributed by atoms with Gasteiger partial charge in [0.15, 0.2) is 0 Å². The molecule has 1 aromatic heterocycles. The van der Waals surface area contributed by atoms with Gasteiger partial charge in [0.05, 0.1) is 5.52 Å². The van der Waals surface area contributed by atoms with E-state index in [1.807, 2.05) is 12.3 Å². The first-order valence-corrected chi connectivity index (χ1v) is 6.40. The molecule has 0 aliphatic carbocycles. The van der Waals surface area contributed by atoms with Gasteiger partial charge in [-0.3, -0.25) is 0 Å². The van der Waals surface area contributed by atoms with E-state index in [1.165, 1.54) is 4.91 Å².